The molecule has 80 valence electrons. The largest absolute Gasteiger partial charge is 0.300 e. The van der Waals surface area contributed by atoms with E-state index in [2.05, 4.69) is 36.1 Å². The first-order valence-corrected chi connectivity index (χ1v) is 5.50. The van der Waals surface area contributed by atoms with E-state index in [4.69, 9.17) is 0 Å². The van der Waals surface area contributed by atoms with Crippen LogP contribution in [-0.2, 0) is 4.79 Å². The number of ketones is 1. The summed E-state index contributed by atoms with van der Waals surface area (Å²) in [5.74, 6) is 0.279. The van der Waals surface area contributed by atoms with Gasteiger partial charge in [0.2, 0.25) is 0 Å². The van der Waals surface area contributed by atoms with Crippen LogP contribution in [0.15, 0.2) is 30.3 Å². The topological polar surface area (TPSA) is 20.1 Å². The molecule has 1 saturated heterocycles. The van der Waals surface area contributed by atoms with Crippen LogP contribution in [0.3, 0.4) is 0 Å². The van der Waals surface area contributed by atoms with Crippen LogP contribution < -0.4 is 0 Å². The van der Waals surface area contributed by atoms with Gasteiger partial charge in [-0.25, -0.2) is 0 Å². The second kappa shape index (κ2) is 4.15. The Morgan fingerprint density at radius 1 is 1.33 bits per heavy atom. The van der Waals surface area contributed by atoms with Crippen LogP contribution in [0.25, 0.3) is 0 Å². The molecule has 2 heteroatoms. The Balaban J connectivity index is 1.94. The fourth-order valence-corrected chi connectivity index (χ4v) is 2.16. The summed E-state index contributed by atoms with van der Waals surface area (Å²) in [6, 6.07) is 11.6. The van der Waals surface area contributed by atoms with Crippen LogP contribution in [-0.4, -0.2) is 23.3 Å². The van der Waals surface area contributed by atoms with Crippen molar-refractivity contribution in [2.75, 3.05) is 6.54 Å². The minimum Gasteiger partial charge on any atom is -0.300 e. The molecule has 3 atom stereocenters. The van der Waals surface area contributed by atoms with Crippen molar-refractivity contribution in [2.24, 2.45) is 0 Å². The van der Waals surface area contributed by atoms with Crippen LogP contribution in [0.4, 0.5) is 0 Å². The molecule has 0 aromatic heterocycles. The minimum absolute atomic E-state index is 0.279. The third-order valence-electron chi connectivity index (χ3n) is 3.11. The Morgan fingerprint density at radius 3 is 2.60 bits per heavy atom. The Labute approximate surface area is 90.9 Å². The molecular weight excluding hydrogens is 186 g/mol. The maximum absolute atomic E-state index is 10.9. The van der Waals surface area contributed by atoms with E-state index in [0.717, 1.165) is 6.54 Å². The highest BCUT2D eigenvalue weighted by atomic mass is 16.1. The molecule has 1 aromatic rings. The lowest BCUT2D eigenvalue weighted by Crippen LogP contribution is -2.06. The normalized spacial score (nSPS) is 28.8. The predicted molar refractivity (Wildman–Crippen MR) is 60.6 cm³/mol. The molecule has 1 fully saturated rings. The average Bonchev–Trinajstić information content (AvgIpc) is 2.87. The molecule has 0 bridgehead atoms. The Hall–Kier alpha value is -1.15. The van der Waals surface area contributed by atoms with Gasteiger partial charge in [-0.05, 0) is 19.4 Å². The molecule has 0 saturated carbocycles. The van der Waals surface area contributed by atoms with E-state index in [1.54, 1.807) is 6.92 Å². The summed E-state index contributed by atoms with van der Waals surface area (Å²) < 4.78 is 0. The van der Waals surface area contributed by atoms with Crippen LogP contribution in [0.5, 0.6) is 0 Å². The highest BCUT2D eigenvalue weighted by Crippen LogP contribution is 2.42. The first-order valence-electron chi connectivity index (χ1n) is 5.50. The monoisotopic (exact) mass is 203 g/mol. The molecule has 0 aliphatic carbocycles. The van der Waals surface area contributed by atoms with E-state index in [1.807, 2.05) is 6.07 Å². The Morgan fingerprint density at radius 2 is 2.00 bits per heavy atom. The SMILES string of the molecule is CC(=O)CCN1[C@H](C)[C@H]1c1ccccc1. The van der Waals surface area contributed by atoms with Gasteiger partial charge >= 0.3 is 0 Å². The van der Waals surface area contributed by atoms with Crippen molar-refractivity contribution >= 4 is 5.78 Å². The van der Waals surface area contributed by atoms with Gasteiger partial charge in [0.25, 0.3) is 0 Å². The highest BCUT2D eigenvalue weighted by molar-refractivity contribution is 5.75. The number of carbonyl (C=O) groups is 1. The maximum atomic E-state index is 10.9. The van der Waals surface area contributed by atoms with Gasteiger partial charge in [-0.1, -0.05) is 30.3 Å². The molecule has 1 unspecified atom stereocenters. The van der Waals surface area contributed by atoms with Gasteiger partial charge in [0, 0.05) is 19.0 Å². The molecule has 1 heterocycles. The molecule has 2 nitrogen and oxygen atoms in total. The van der Waals surface area contributed by atoms with Crippen molar-refractivity contribution in [1.82, 2.24) is 4.90 Å². The quantitative estimate of drug-likeness (QED) is 0.700. The van der Waals surface area contributed by atoms with Crippen molar-refractivity contribution in [1.29, 1.82) is 0 Å². The molecule has 1 aliphatic heterocycles. The molecule has 2 rings (SSSR count). The number of nitrogens with zero attached hydrogens (tertiary/aromatic N) is 1. The summed E-state index contributed by atoms with van der Waals surface area (Å²) in [7, 11) is 0. The van der Waals surface area contributed by atoms with E-state index in [-0.39, 0.29) is 5.78 Å². The molecule has 1 aromatic carbocycles. The van der Waals surface area contributed by atoms with Crippen LogP contribution in [0.1, 0.15) is 31.9 Å². The fourth-order valence-electron chi connectivity index (χ4n) is 2.16. The zero-order chi connectivity index (χ0) is 10.8. The van der Waals surface area contributed by atoms with E-state index in [0.29, 0.717) is 18.5 Å². The zero-order valence-electron chi connectivity index (χ0n) is 9.31. The van der Waals surface area contributed by atoms with Crippen molar-refractivity contribution in [3.8, 4) is 0 Å². The third-order valence-corrected chi connectivity index (χ3v) is 3.11. The minimum atomic E-state index is 0.279. The number of rotatable bonds is 4. The molecular formula is C13H17NO. The summed E-state index contributed by atoms with van der Waals surface area (Å²) in [6.45, 7) is 4.78. The van der Waals surface area contributed by atoms with Gasteiger partial charge in [0.05, 0.1) is 6.04 Å². The van der Waals surface area contributed by atoms with E-state index >= 15 is 0 Å². The third kappa shape index (κ3) is 2.26. The second-order valence-corrected chi connectivity index (χ2v) is 4.29. The van der Waals surface area contributed by atoms with Gasteiger partial charge in [0.1, 0.15) is 5.78 Å². The van der Waals surface area contributed by atoms with Crippen LogP contribution >= 0.6 is 0 Å². The molecule has 0 amide bonds. The van der Waals surface area contributed by atoms with Gasteiger partial charge < -0.3 is 0 Å². The smallest absolute Gasteiger partial charge is 0.131 e. The van der Waals surface area contributed by atoms with Crippen molar-refractivity contribution in [3.63, 3.8) is 0 Å². The lowest BCUT2D eigenvalue weighted by Gasteiger charge is -2.01. The molecule has 0 spiro atoms. The van der Waals surface area contributed by atoms with E-state index in [1.165, 1.54) is 5.56 Å². The van der Waals surface area contributed by atoms with Crippen LogP contribution in [0, 0.1) is 0 Å². The highest BCUT2D eigenvalue weighted by Gasteiger charge is 2.43. The summed E-state index contributed by atoms with van der Waals surface area (Å²) in [6.07, 6.45) is 0.674. The first-order chi connectivity index (χ1) is 7.20. The molecule has 0 N–H and O–H groups in total. The molecule has 15 heavy (non-hydrogen) atoms. The number of hydrogen-bond acceptors (Lipinski definition) is 2. The van der Waals surface area contributed by atoms with E-state index in [9.17, 15) is 4.79 Å². The average molecular weight is 203 g/mol. The lowest BCUT2D eigenvalue weighted by molar-refractivity contribution is -0.117. The Bertz CT molecular complexity index is 347. The van der Waals surface area contributed by atoms with Crippen molar-refractivity contribution < 1.29 is 4.79 Å². The van der Waals surface area contributed by atoms with Gasteiger partial charge in [-0.15, -0.1) is 0 Å². The maximum Gasteiger partial charge on any atom is 0.131 e. The number of hydrogen-bond donors (Lipinski definition) is 0. The van der Waals surface area contributed by atoms with E-state index < -0.39 is 0 Å². The lowest BCUT2D eigenvalue weighted by atomic mass is 10.1. The molecule has 0 radical (unpaired) electrons. The standard InChI is InChI=1S/C13H17NO/c1-10(15)8-9-14-11(2)13(14)12-6-4-3-5-7-12/h3-7,11,13H,8-9H2,1-2H3/t11-,13+,14?/m1/s1. The summed E-state index contributed by atoms with van der Waals surface area (Å²) in [5.41, 5.74) is 1.37. The van der Waals surface area contributed by atoms with Gasteiger partial charge in [0.15, 0.2) is 0 Å². The number of Topliss-reactive ketones (excluding diaryl/α,β-unsaturated/α-hetero) is 1. The summed E-state index contributed by atoms with van der Waals surface area (Å²) in [4.78, 5) is 13.3. The number of carbonyl (C=O) groups excluding carboxylic acids is 1. The summed E-state index contributed by atoms with van der Waals surface area (Å²) in [5, 5.41) is 0. The van der Waals surface area contributed by atoms with Crippen molar-refractivity contribution in [2.45, 2.75) is 32.4 Å². The summed E-state index contributed by atoms with van der Waals surface area (Å²) >= 11 is 0. The van der Waals surface area contributed by atoms with Crippen molar-refractivity contribution in [3.05, 3.63) is 35.9 Å². The second-order valence-electron chi connectivity index (χ2n) is 4.29. The fraction of sp³-hybridized carbons (Fsp3) is 0.462. The van der Waals surface area contributed by atoms with Gasteiger partial charge in [-0.2, -0.15) is 0 Å². The molecule has 1 aliphatic rings. The van der Waals surface area contributed by atoms with Crippen LogP contribution in [0.2, 0.25) is 0 Å². The first kappa shape index (κ1) is 10.4. The van der Waals surface area contributed by atoms with Gasteiger partial charge in [-0.3, -0.25) is 9.69 Å². The Kier molecular flexibility index (Phi) is 2.87. The number of benzene rings is 1. The predicted octanol–water partition coefficient (Wildman–Crippen LogP) is 2.41. The zero-order valence-corrected chi connectivity index (χ0v) is 9.31.